The molecule has 17 heavy (non-hydrogen) atoms. The summed E-state index contributed by atoms with van der Waals surface area (Å²) in [5.41, 5.74) is 1.11. The number of aryl methyl sites for hydroxylation is 2. The van der Waals surface area contributed by atoms with E-state index in [1.165, 1.54) is 6.07 Å². The van der Waals surface area contributed by atoms with E-state index in [1.54, 1.807) is 25.1 Å². The molecule has 0 aliphatic carbocycles. The molecule has 0 unspecified atom stereocenters. The normalized spacial score (nSPS) is 10.2. The van der Waals surface area contributed by atoms with E-state index < -0.39 is 5.91 Å². The minimum atomic E-state index is -0.417. The lowest BCUT2D eigenvalue weighted by atomic mass is 10.1. The Balaban J connectivity index is 2.22. The number of amides is 1. The third-order valence-electron chi connectivity index (χ3n) is 2.27. The summed E-state index contributed by atoms with van der Waals surface area (Å²) in [5, 5.41) is 15.8. The van der Waals surface area contributed by atoms with Gasteiger partial charge in [-0.05, 0) is 26.0 Å². The molecule has 5 nitrogen and oxygen atoms in total. The average Bonchev–Trinajstić information content (AvgIpc) is 2.67. The van der Waals surface area contributed by atoms with Gasteiger partial charge in [0, 0.05) is 6.07 Å². The van der Waals surface area contributed by atoms with Crippen molar-refractivity contribution in [2.75, 3.05) is 5.32 Å². The highest BCUT2D eigenvalue weighted by Crippen LogP contribution is 2.19. The summed E-state index contributed by atoms with van der Waals surface area (Å²) in [5.74, 6) is 0.454. The Morgan fingerprint density at radius 1 is 1.35 bits per heavy atom. The van der Waals surface area contributed by atoms with Crippen LogP contribution in [0.5, 0.6) is 5.75 Å². The number of phenols is 1. The van der Waals surface area contributed by atoms with Crippen LogP contribution < -0.4 is 5.32 Å². The van der Waals surface area contributed by atoms with Crippen LogP contribution in [0.25, 0.3) is 0 Å². The van der Waals surface area contributed by atoms with Gasteiger partial charge in [0.25, 0.3) is 5.91 Å². The quantitative estimate of drug-likeness (QED) is 0.832. The van der Waals surface area contributed by atoms with E-state index in [0.717, 1.165) is 5.56 Å². The SMILES string of the molecule is Cc1ccc(O)c(C(=O)Nc2cc(C)on2)c1. The molecule has 0 fully saturated rings. The number of benzene rings is 1. The average molecular weight is 232 g/mol. The van der Waals surface area contributed by atoms with Crippen LogP contribution in [0.2, 0.25) is 0 Å². The molecule has 0 aliphatic heterocycles. The number of hydrogen-bond acceptors (Lipinski definition) is 4. The van der Waals surface area contributed by atoms with Crippen molar-refractivity contribution in [2.24, 2.45) is 0 Å². The van der Waals surface area contributed by atoms with Gasteiger partial charge in [0.2, 0.25) is 0 Å². The molecule has 0 saturated carbocycles. The van der Waals surface area contributed by atoms with Gasteiger partial charge in [0.15, 0.2) is 5.82 Å². The van der Waals surface area contributed by atoms with E-state index >= 15 is 0 Å². The van der Waals surface area contributed by atoms with Crippen LogP contribution in [0.4, 0.5) is 5.82 Å². The Hall–Kier alpha value is -2.30. The van der Waals surface area contributed by atoms with Crippen LogP contribution in [0.3, 0.4) is 0 Å². The lowest BCUT2D eigenvalue weighted by Gasteiger charge is -2.04. The van der Waals surface area contributed by atoms with Crippen LogP contribution in [0, 0.1) is 13.8 Å². The standard InChI is InChI=1S/C12H12N2O3/c1-7-3-4-10(15)9(5-7)12(16)13-11-6-8(2)17-14-11/h3-6,15H,1-2H3,(H,13,14,16). The van der Waals surface area contributed by atoms with E-state index in [1.807, 2.05) is 6.92 Å². The third kappa shape index (κ3) is 2.44. The summed E-state index contributed by atoms with van der Waals surface area (Å²) in [7, 11) is 0. The molecule has 0 atom stereocenters. The Kier molecular flexibility index (Phi) is 2.82. The maximum atomic E-state index is 11.8. The molecule has 0 radical (unpaired) electrons. The smallest absolute Gasteiger partial charge is 0.260 e. The van der Waals surface area contributed by atoms with Gasteiger partial charge < -0.3 is 14.9 Å². The number of nitrogens with one attached hydrogen (secondary N) is 1. The van der Waals surface area contributed by atoms with Crippen molar-refractivity contribution >= 4 is 11.7 Å². The maximum absolute atomic E-state index is 11.8. The maximum Gasteiger partial charge on any atom is 0.260 e. The molecule has 1 aromatic carbocycles. The molecule has 2 rings (SSSR count). The predicted molar refractivity (Wildman–Crippen MR) is 62.0 cm³/mol. The van der Waals surface area contributed by atoms with Gasteiger partial charge in [-0.3, -0.25) is 4.79 Å². The molecule has 0 spiro atoms. The van der Waals surface area contributed by atoms with Crippen LogP contribution in [0.1, 0.15) is 21.7 Å². The van der Waals surface area contributed by atoms with Crippen molar-refractivity contribution < 1.29 is 14.4 Å². The minimum absolute atomic E-state index is 0.0617. The first kappa shape index (κ1) is 11.2. The number of hydrogen-bond donors (Lipinski definition) is 2. The molecule has 2 aromatic rings. The zero-order valence-electron chi connectivity index (χ0n) is 9.52. The van der Waals surface area contributed by atoms with Gasteiger partial charge in [0.1, 0.15) is 11.5 Å². The minimum Gasteiger partial charge on any atom is -0.507 e. The highest BCUT2D eigenvalue weighted by molar-refractivity contribution is 6.05. The van der Waals surface area contributed by atoms with Gasteiger partial charge in [-0.1, -0.05) is 16.8 Å². The second-order valence-electron chi connectivity index (χ2n) is 3.80. The molecule has 5 heteroatoms. The van der Waals surface area contributed by atoms with E-state index in [9.17, 15) is 9.90 Å². The first-order valence-corrected chi connectivity index (χ1v) is 5.10. The van der Waals surface area contributed by atoms with E-state index in [-0.39, 0.29) is 11.3 Å². The second-order valence-corrected chi connectivity index (χ2v) is 3.80. The predicted octanol–water partition coefficient (Wildman–Crippen LogP) is 2.25. The summed E-state index contributed by atoms with van der Waals surface area (Å²) in [6.45, 7) is 3.57. The van der Waals surface area contributed by atoms with E-state index in [4.69, 9.17) is 4.52 Å². The van der Waals surface area contributed by atoms with Crippen LogP contribution in [0.15, 0.2) is 28.8 Å². The van der Waals surface area contributed by atoms with Crippen molar-refractivity contribution in [1.29, 1.82) is 0 Å². The zero-order valence-corrected chi connectivity index (χ0v) is 9.52. The fourth-order valence-electron chi connectivity index (χ4n) is 1.44. The number of anilines is 1. The van der Waals surface area contributed by atoms with E-state index in [0.29, 0.717) is 11.6 Å². The Morgan fingerprint density at radius 2 is 2.12 bits per heavy atom. The molecule has 0 aliphatic rings. The van der Waals surface area contributed by atoms with Gasteiger partial charge in [-0.15, -0.1) is 0 Å². The van der Waals surface area contributed by atoms with Gasteiger partial charge in [-0.25, -0.2) is 0 Å². The zero-order chi connectivity index (χ0) is 12.4. The topological polar surface area (TPSA) is 75.4 Å². The lowest BCUT2D eigenvalue weighted by molar-refractivity contribution is 0.102. The summed E-state index contributed by atoms with van der Waals surface area (Å²) in [4.78, 5) is 11.8. The molecule has 2 N–H and O–H groups in total. The van der Waals surface area contributed by atoms with Crippen molar-refractivity contribution in [3.05, 3.63) is 41.2 Å². The van der Waals surface area contributed by atoms with E-state index in [2.05, 4.69) is 10.5 Å². The number of carbonyl (C=O) groups is 1. The first-order valence-electron chi connectivity index (χ1n) is 5.10. The molecule has 0 saturated heterocycles. The van der Waals surface area contributed by atoms with Crippen molar-refractivity contribution in [3.8, 4) is 5.75 Å². The number of nitrogens with zero attached hydrogens (tertiary/aromatic N) is 1. The van der Waals surface area contributed by atoms with Crippen LogP contribution in [-0.2, 0) is 0 Å². The summed E-state index contributed by atoms with van der Waals surface area (Å²) < 4.78 is 4.83. The van der Waals surface area contributed by atoms with Crippen LogP contribution >= 0.6 is 0 Å². The highest BCUT2D eigenvalue weighted by Gasteiger charge is 2.13. The molecule has 1 aromatic heterocycles. The van der Waals surface area contributed by atoms with Crippen molar-refractivity contribution in [3.63, 3.8) is 0 Å². The largest absolute Gasteiger partial charge is 0.507 e. The number of aromatic nitrogens is 1. The van der Waals surface area contributed by atoms with Crippen molar-refractivity contribution in [1.82, 2.24) is 5.16 Å². The fourth-order valence-corrected chi connectivity index (χ4v) is 1.44. The first-order chi connectivity index (χ1) is 8.06. The van der Waals surface area contributed by atoms with Crippen LogP contribution in [-0.4, -0.2) is 16.2 Å². The molecule has 88 valence electrons. The van der Waals surface area contributed by atoms with Gasteiger partial charge >= 0.3 is 0 Å². The lowest BCUT2D eigenvalue weighted by Crippen LogP contribution is -2.12. The number of aromatic hydroxyl groups is 1. The summed E-state index contributed by atoms with van der Waals surface area (Å²) in [6, 6.07) is 6.42. The molecule has 0 bridgehead atoms. The molecular weight excluding hydrogens is 220 g/mol. The molecule has 1 amide bonds. The third-order valence-corrected chi connectivity index (χ3v) is 2.27. The Bertz CT molecular complexity index is 561. The van der Waals surface area contributed by atoms with Gasteiger partial charge in [-0.2, -0.15) is 0 Å². The monoisotopic (exact) mass is 232 g/mol. The number of carbonyl (C=O) groups excluding carboxylic acids is 1. The van der Waals surface area contributed by atoms with Gasteiger partial charge in [0.05, 0.1) is 5.56 Å². The Labute approximate surface area is 98.1 Å². The van der Waals surface area contributed by atoms with Crippen molar-refractivity contribution in [2.45, 2.75) is 13.8 Å². The molecular formula is C12H12N2O3. The summed E-state index contributed by atoms with van der Waals surface area (Å²) in [6.07, 6.45) is 0. The number of rotatable bonds is 2. The fraction of sp³-hybridized carbons (Fsp3) is 0.167. The Morgan fingerprint density at radius 3 is 2.76 bits per heavy atom. The molecule has 1 heterocycles. The highest BCUT2D eigenvalue weighted by atomic mass is 16.5. The number of phenolic OH excluding ortho intramolecular Hbond substituents is 1. The summed E-state index contributed by atoms with van der Waals surface area (Å²) >= 11 is 0. The second kappa shape index (κ2) is 4.29.